The lowest BCUT2D eigenvalue weighted by atomic mass is 10.1. The number of hydrogen-bond acceptors (Lipinski definition) is 4. The summed E-state index contributed by atoms with van der Waals surface area (Å²) in [6.07, 6.45) is 1.82. The van der Waals surface area contributed by atoms with Crippen molar-refractivity contribution in [3.63, 3.8) is 0 Å². The topological polar surface area (TPSA) is 58.4 Å². The lowest BCUT2D eigenvalue weighted by molar-refractivity contribution is -0.144. The Hall–Kier alpha value is -2.02. The molecule has 7 heteroatoms. The average molecular weight is 346 g/mol. The van der Waals surface area contributed by atoms with Crippen molar-refractivity contribution < 1.29 is 9.59 Å². The van der Waals surface area contributed by atoms with E-state index in [-0.39, 0.29) is 23.8 Å². The fraction of sp³-hybridized carbons (Fsp3) is 0.471. The van der Waals surface area contributed by atoms with Crippen LogP contribution in [0.15, 0.2) is 30.5 Å². The molecule has 3 rings (SSSR count). The van der Waals surface area contributed by atoms with Crippen molar-refractivity contribution in [3.05, 3.63) is 30.5 Å². The molecule has 0 radical (unpaired) electrons. The molecule has 2 atom stereocenters. The smallest absolute Gasteiger partial charge is 0.245 e. The number of fused-ring (bicyclic) bond motifs is 1. The second-order valence-corrected chi connectivity index (χ2v) is 7.34. The van der Waals surface area contributed by atoms with Gasteiger partial charge in [-0.3, -0.25) is 14.3 Å². The monoisotopic (exact) mass is 346 g/mol. The minimum absolute atomic E-state index is 0.00918. The van der Waals surface area contributed by atoms with E-state index < -0.39 is 0 Å². The van der Waals surface area contributed by atoms with Gasteiger partial charge in [0.2, 0.25) is 11.8 Å². The van der Waals surface area contributed by atoms with Crippen LogP contribution in [0.3, 0.4) is 0 Å². The van der Waals surface area contributed by atoms with E-state index in [9.17, 15) is 9.59 Å². The molecule has 2 amide bonds. The summed E-state index contributed by atoms with van der Waals surface area (Å²) in [5.41, 5.74) is 1.02. The number of benzene rings is 1. The molecule has 24 heavy (non-hydrogen) atoms. The van der Waals surface area contributed by atoms with Gasteiger partial charge in [0.15, 0.2) is 0 Å². The third kappa shape index (κ3) is 3.13. The minimum atomic E-state index is -0.352. The highest BCUT2D eigenvalue weighted by molar-refractivity contribution is 7.99. The number of para-hydroxylation sites is 1. The van der Waals surface area contributed by atoms with Crippen LogP contribution in [0, 0.1) is 5.92 Å². The Labute approximate surface area is 145 Å². The predicted molar refractivity (Wildman–Crippen MR) is 95.6 cm³/mol. The van der Waals surface area contributed by atoms with Gasteiger partial charge in [-0.15, -0.1) is 11.8 Å². The Kier molecular flexibility index (Phi) is 4.80. The van der Waals surface area contributed by atoms with Crippen LogP contribution in [-0.2, 0) is 16.1 Å². The van der Waals surface area contributed by atoms with Gasteiger partial charge in [0.25, 0.3) is 0 Å². The van der Waals surface area contributed by atoms with Gasteiger partial charge < -0.3 is 9.80 Å². The fourth-order valence-electron chi connectivity index (χ4n) is 2.95. The Bertz CT molecular complexity index is 758. The van der Waals surface area contributed by atoms with Crippen LogP contribution in [0.4, 0.5) is 0 Å². The number of carbonyl (C=O) groups is 2. The standard InChI is InChI=1S/C17H22N4O2S/c1-12(9-21-14-7-5-4-6-13(14)8-18-21)16(22)20-11-24-10-15(20)17(23)19(2)3/h4-8,12,15H,9-11H2,1-3H3/t12-,15+/m1/s1. The van der Waals surface area contributed by atoms with E-state index in [0.29, 0.717) is 18.2 Å². The Morgan fingerprint density at radius 2 is 2.12 bits per heavy atom. The maximum atomic E-state index is 12.8. The van der Waals surface area contributed by atoms with E-state index in [1.807, 2.05) is 42.1 Å². The lowest BCUT2D eigenvalue weighted by Gasteiger charge is -2.27. The van der Waals surface area contributed by atoms with Crippen LogP contribution in [0.1, 0.15) is 6.92 Å². The van der Waals surface area contributed by atoms with Crippen molar-refractivity contribution in [1.82, 2.24) is 19.6 Å². The van der Waals surface area contributed by atoms with Gasteiger partial charge in [-0.2, -0.15) is 5.10 Å². The van der Waals surface area contributed by atoms with E-state index in [1.54, 1.807) is 35.7 Å². The average Bonchev–Trinajstić information content (AvgIpc) is 3.20. The molecular formula is C17H22N4O2S. The number of hydrogen-bond donors (Lipinski definition) is 0. The molecule has 1 saturated heterocycles. The summed E-state index contributed by atoms with van der Waals surface area (Å²) in [5, 5.41) is 5.46. The molecule has 1 aromatic carbocycles. The van der Waals surface area contributed by atoms with Crippen molar-refractivity contribution in [2.45, 2.75) is 19.5 Å². The molecule has 0 unspecified atom stereocenters. The van der Waals surface area contributed by atoms with Crippen molar-refractivity contribution in [2.24, 2.45) is 5.92 Å². The first-order chi connectivity index (χ1) is 11.5. The first-order valence-corrected chi connectivity index (χ1v) is 9.14. The molecule has 6 nitrogen and oxygen atoms in total. The molecule has 1 aliphatic heterocycles. The number of thioether (sulfide) groups is 1. The molecule has 1 fully saturated rings. The molecular weight excluding hydrogens is 324 g/mol. The Morgan fingerprint density at radius 3 is 2.88 bits per heavy atom. The molecule has 0 N–H and O–H groups in total. The Morgan fingerprint density at radius 1 is 1.38 bits per heavy atom. The number of nitrogens with zero attached hydrogens (tertiary/aromatic N) is 4. The lowest BCUT2D eigenvalue weighted by Crippen LogP contribution is -2.48. The summed E-state index contributed by atoms with van der Waals surface area (Å²) in [6, 6.07) is 7.60. The first-order valence-electron chi connectivity index (χ1n) is 7.99. The van der Waals surface area contributed by atoms with Crippen molar-refractivity contribution in [1.29, 1.82) is 0 Å². The van der Waals surface area contributed by atoms with Gasteiger partial charge in [0.05, 0.1) is 30.1 Å². The van der Waals surface area contributed by atoms with Gasteiger partial charge in [-0.1, -0.05) is 25.1 Å². The number of rotatable bonds is 4. The van der Waals surface area contributed by atoms with Crippen molar-refractivity contribution in [3.8, 4) is 0 Å². The van der Waals surface area contributed by atoms with E-state index in [1.165, 1.54) is 0 Å². The normalized spacial score (nSPS) is 18.8. The number of amides is 2. The number of carbonyl (C=O) groups excluding carboxylic acids is 2. The van der Waals surface area contributed by atoms with Crippen molar-refractivity contribution in [2.75, 3.05) is 25.7 Å². The van der Waals surface area contributed by atoms with E-state index in [2.05, 4.69) is 5.10 Å². The molecule has 1 aliphatic rings. The molecule has 0 spiro atoms. The maximum absolute atomic E-state index is 12.8. The highest BCUT2D eigenvalue weighted by Gasteiger charge is 2.37. The van der Waals surface area contributed by atoms with Crippen LogP contribution < -0.4 is 0 Å². The zero-order valence-electron chi connectivity index (χ0n) is 14.2. The SMILES string of the molecule is C[C@H](Cn1ncc2ccccc21)C(=O)N1CSC[C@H]1C(=O)N(C)C. The zero-order valence-corrected chi connectivity index (χ0v) is 15.0. The summed E-state index contributed by atoms with van der Waals surface area (Å²) in [5.74, 6) is 1.02. The summed E-state index contributed by atoms with van der Waals surface area (Å²) in [4.78, 5) is 28.4. The molecule has 0 bridgehead atoms. The van der Waals surface area contributed by atoms with Crippen LogP contribution in [0.2, 0.25) is 0 Å². The van der Waals surface area contributed by atoms with Crippen LogP contribution >= 0.6 is 11.8 Å². The molecule has 128 valence electrons. The first kappa shape index (κ1) is 16.8. The molecule has 0 aliphatic carbocycles. The predicted octanol–water partition coefficient (Wildman–Crippen LogP) is 1.66. The van der Waals surface area contributed by atoms with E-state index in [4.69, 9.17) is 0 Å². The summed E-state index contributed by atoms with van der Waals surface area (Å²) >= 11 is 1.63. The fourth-order valence-corrected chi connectivity index (χ4v) is 4.11. The highest BCUT2D eigenvalue weighted by Crippen LogP contribution is 2.25. The summed E-state index contributed by atoms with van der Waals surface area (Å²) in [6.45, 7) is 2.41. The zero-order chi connectivity index (χ0) is 17.3. The van der Waals surface area contributed by atoms with Gasteiger partial charge in [0.1, 0.15) is 6.04 Å². The van der Waals surface area contributed by atoms with Gasteiger partial charge in [-0.05, 0) is 6.07 Å². The molecule has 2 aromatic rings. The molecule has 1 aromatic heterocycles. The van der Waals surface area contributed by atoms with Crippen LogP contribution in [-0.4, -0.2) is 63.2 Å². The van der Waals surface area contributed by atoms with Gasteiger partial charge in [-0.25, -0.2) is 0 Å². The largest absolute Gasteiger partial charge is 0.347 e. The summed E-state index contributed by atoms with van der Waals surface area (Å²) < 4.78 is 1.86. The number of likely N-dealkylation sites (N-methyl/N-ethyl adjacent to an activating group) is 1. The highest BCUT2D eigenvalue weighted by atomic mass is 32.2. The van der Waals surface area contributed by atoms with Crippen LogP contribution in [0.25, 0.3) is 10.9 Å². The third-order valence-electron chi connectivity index (χ3n) is 4.31. The quantitative estimate of drug-likeness (QED) is 0.845. The second kappa shape index (κ2) is 6.84. The summed E-state index contributed by atoms with van der Waals surface area (Å²) in [7, 11) is 3.46. The van der Waals surface area contributed by atoms with E-state index in [0.717, 1.165) is 10.9 Å². The second-order valence-electron chi connectivity index (χ2n) is 6.34. The molecule has 0 saturated carbocycles. The van der Waals surface area contributed by atoms with E-state index >= 15 is 0 Å². The van der Waals surface area contributed by atoms with Gasteiger partial charge in [0, 0.05) is 25.2 Å². The number of aromatic nitrogens is 2. The molecule has 2 heterocycles. The van der Waals surface area contributed by atoms with Crippen molar-refractivity contribution >= 4 is 34.5 Å². The minimum Gasteiger partial charge on any atom is -0.347 e. The maximum Gasteiger partial charge on any atom is 0.245 e. The van der Waals surface area contributed by atoms with Crippen LogP contribution in [0.5, 0.6) is 0 Å². The van der Waals surface area contributed by atoms with Gasteiger partial charge >= 0.3 is 0 Å². The third-order valence-corrected chi connectivity index (χ3v) is 5.32. The Balaban J connectivity index is 1.73.